The summed E-state index contributed by atoms with van der Waals surface area (Å²) in [5.74, 6) is -0.871. The number of carbonyl (C=O) groups is 5. The van der Waals surface area contributed by atoms with Gasteiger partial charge in [0.15, 0.2) is 5.78 Å². The van der Waals surface area contributed by atoms with E-state index in [-0.39, 0.29) is 48.1 Å². The van der Waals surface area contributed by atoms with Gasteiger partial charge in [-0.15, -0.1) is 0 Å². The lowest BCUT2D eigenvalue weighted by Crippen LogP contribution is -2.45. The van der Waals surface area contributed by atoms with Crippen LogP contribution in [0.3, 0.4) is 0 Å². The van der Waals surface area contributed by atoms with Crippen molar-refractivity contribution in [2.75, 3.05) is 29.3 Å². The molecule has 2 aromatic rings. The molecule has 2 aliphatic heterocycles. The van der Waals surface area contributed by atoms with Gasteiger partial charge in [0.2, 0.25) is 11.8 Å². The zero-order valence-electron chi connectivity index (χ0n) is 31.9. The first-order valence-electron chi connectivity index (χ1n) is 18.0. The first kappa shape index (κ1) is 40.9. The fourth-order valence-electron chi connectivity index (χ4n) is 5.99. The molecule has 12 nitrogen and oxygen atoms in total. The Bertz CT molecular complexity index is 1560. The number of fused-ring (bicyclic) bond motifs is 2. The number of nitrogens with one attached hydrogen (secondary N) is 3. The molecule has 2 aromatic carbocycles. The van der Waals surface area contributed by atoms with Gasteiger partial charge in [-0.1, -0.05) is 52.0 Å². The van der Waals surface area contributed by atoms with E-state index in [2.05, 4.69) is 16.0 Å². The van der Waals surface area contributed by atoms with E-state index in [1.807, 2.05) is 52.0 Å². The molecule has 2 aliphatic rings. The van der Waals surface area contributed by atoms with E-state index in [0.717, 1.165) is 11.1 Å². The number of anilines is 4. The van der Waals surface area contributed by atoms with Gasteiger partial charge in [-0.3, -0.25) is 23.6 Å². The quantitative estimate of drug-likeness (QED) is 0.161. The van der Waals surface area contributed by atoms with Crippen molar-refractivity contribution in [3.63, 3.8) is 0 Å². The lowest BCUT2D eigenvalue weighted by atomic mass is 9.86. The van der Waals surface area contributed by atoms with Gasteiger partial charge in [0.1, 0.15) is 11.4 Å². The first-order valence-corrected chi connectivity index (χ1v) is 17.3. The third-order valence-corrected chi connectivity index (χ3v) is 8.36. The zero-order valence-corrected chi connectivity index (χ0v) is 30.9. The monoisotopic (exact) mass is 713 g/mol. The number of ketones is 2. The summed E-state index contributed by atoms with van der Waals surface area (Å²) < 4.78 is 20.8. The molecular formula is C38H57FN6O6. The number of amides is 3. The molecule has 0 saturated heterocycles. The second-order valence-corrected chi connectivity index (χ2v) is 14.9. The van der Waals surface area contributed by atoms with Crippen molar-refractivity contribution < 1.29 is 34.5 Å². The van der Waals surface area contributed by atoms with Crippen LogP contribution in [0.5, 0.6) is 0 Å². The Morgan fingerprint density at radius 1 is 0.863 bits per heavy atom. The normalized spacial score (nSPS) is 17.8. The van der Waals surface area contributed by atoms with Crippen LogP contribution in [0.2, 0.25) is 0 Å². The van der Waals surface area contributed by atoms with E-state index in [0.29, 0.717) is 54.4 Å². The van der Waals surface area contributed by atoms with Gasteiger partial charge in [-0.2, -0.15) is 0 Å². The fraction of sp³-hybridized carbons (Fsp3) is 0.553. The van der Waals surface area contributed by atoms with Crippen molar-refractivity contribution >= 4 is 52.2 Å². The molecule has 4 atom stereocenters. The minimum Gasteiger partial charge on any atom is -0.444 e. The van der Waals surface area contributed by atoms with Crippen molar-refractivity contribution in [3.8, 4) is 0 Å². The minimum absolute atomic E-state index is 0.0452. The molecule has 51 heavy (non-hydrogen) atoms. The molecule has 2 heterocycles. The number of alkyl halides is 1. The maximum atomic E-state index is 12.9. The van der Waals surface area contributed by atoms with E-state index >= 15 is 0 Å². The van der Waals surface area contributed by atoms with Crippen LogP contribution >= 0.6 is 0 Å². The SMILES string of the molecule is CC(C)C[C@@H](N)C(=O)CC1Cc2cccc(N)c2NC1=O.CC(C)C[C@@H](NC(=O)OC(C)(C)C)C(=O)CC1Cc2cccc(N)c2NC1=O.[2H]CF. The van der Waals surface area contributed by atoms with Crippen LogP contribution in [0, 0.1) is 23.7 Å². The van der Waals surface area contributed by atoms with Crippen molar-refractivity contribution in [1.29, 1.82) is 0 Å². The number of Topliss-reactive ketones (excluding diaryl/α,β-unsaturated/α-hetero) is 2. The van der Waals surface area contributed by atoms with Crippen LogP contribution in [0.1, 0.15) is 86.6 Å². The largest absolute Gasteiger partial charge is 0.444 e. The predicted octanol–water partition coefficient (Wildman–Crippen LogP) is 5.58. The summed E-state index contributed by atoms with van der Waals surface area (Å²) in [7, 11) is -1.00. The van der Waals surface area contributed by atoms with Crippen LogP contribution in [0.4, 0.5) is 31.9 Å². The zero-order chi connectivity index (χ0) is 39.3. The number of benzene rings is 2. The van der Waals surface area contributed by atoms with Gasteiger partial charge in [-0.25, -0.2) is 4.79 Å². The maximum Gasteiger partial charge on any atom is 0.408 e. The molecule has 9 N–H and O–H groups in total. The number of hydrogen-bond donors (Lipinski definition) is 6. The number of nitrogens with two attached hydrogens (primary N) is 3. The van der Waals surface area contributed by atoms with Crippen LogP contribution in [0.15, 0.2) is 36.4 Å². The van der Waals surface area contributed by atoms with Gasteiger partial charge in [-0.05, 0) is 81.5 Å². The van der Waals surface area contributed by atoms with Crippen LogP contribution in [-0.2, 0) is 36.8 Å². The highest BCUT2D eigenvalue weighted by Gasteiger charge is 2.33. The summed E-state index contributed by atoms with van der Waals surface area (Å²) in [6.07, 6.45) is 1.72. The number of halogens is 1. The van der Waals surface area contributed by atoms with Crippen molar-refractivity contribution in [3.05, 3.63) is 47.5 Å². The van der Waals surface area contributed by atoms with Crippen LogP contribution < -0.4 is 33.2 Å². The Labute approximate surface area is 302 Å². The molecule has 282 valence electrons. The maximum absolute atomic E-state index is 12.9. The van der Waals surface area contributed by atoms with E-state index in [1.54, 1.807) is 32.9 Å². The Balaban J connectivity index is 0.000000346. The highest BCUT2D eigenvalue weighted by atomic mass is 19.1. The summed E-state index contributed by atoms with van der Waals surface area (Å²) in [5, 5.41) is 8.29. The molecule has 0 bridgehead atoms. The lowest BCUT2D eigenvalue weighted by Gasteiger charge is -2.27. The third-order valence-electron chi connectivity index (χ3n) is 8.36. The van der Waals surface area contributed by atoms with Crippen LogP contribution in [0.25, 0.3) is 0 Å². The fourth-order valence-corrected chi connectivity index (χ4v) is 5.99. The van der Waals surface area contributed by atoms with Gasteiger partial charge >= 0.3 is 6.09 Å². The van der Waals surface area contributed by atoms with Crippen molar-refractivity contribution in [2.24, 2.45) is 29.4 Å². The molecule has 3 amide bonds. The van der Waals surface area contributed by atoms with Crippen LogP contribution in [-0.4, -0.2) is 54.3 Å². The lowest BCUT2D eigenvalue weighted by molar-refractivity contribution is -0.127. The minimum atomic E-state index is -1.00. The average molecular weight is 714 g/mol. The molecule has 0 spiro atoms. The number of alkyl carbamates (subject to hydrolysis) is 1. The van der Waals surface area contributed by atoms with Gasteiger partial charge in [0.25, 0.3) is 0 Å². The summed E-state index contributed by atoms with van der Waals surface area (Å²) in [4.78, 5) is 61.8. The number of carbonyl (C=O) groups excluding carboxylic acids is 5. The molecule has 0 fully saturated rings. The second-order valence-electron chi connectivity index (χ2n) is 14.9. The highest BCUT2D eigenvalue weighted by molar-refractivity contribution is 6.02. The van der Waals surface area contributed by atoms with Crippen molar-refractivity contribution in [2.45, 2.75) is 105 Å². The molecule has 0 saturated carbocycles. The molecule has 0 radical (unpaired) electrons. The molecular weight excluding hydrogens is 655 g/mol. The standard InChI is InChI=1S/C21H31N3O4.C16H23N3O2.CH3F/c1-12(2)9-16(23-20(27)28-21(3,4)5)17(25)11-14-10-13-7-6-8-15(22)18(13)24-19(14)26;1-9(2)6-13(18)14(20)8-11-7-10-4-3-5-12(17)15(10)19-16(11)21;1-2/h6-8,12,14,16H,9-11,22H2,1-5H3,(H,23,27)(H,24,26);3-5,9,11,13H,6-8,17-18H2,1-2H3,(H,19,21);1H3/t14?,16-;11?,13-;/m11./s1/i;;1D. The smallest absolute Gasteiger partial charge is 0.408 e. The van der Waals surface area contributed by atoms with E-state index < -0.39 is 36.8 Å². The molecule has 0 aliphatic carbocycles. The highest BCUT2D eigenvalue weighted by Crippen LogP contribution is 2.33. The predicted molar refractivity (Wildman–Crippen MR) is 200 cm³/mol. The summed E-state index contributed by atoms with van der Waals surface area (Å²) >= 11 is 0. The van der Waals surface area contributed by atoms with E-state index in [4.69, 9.17) is 23.3 Å². The number of hydrogen-bond acceptors (Lipinski definition) is 9. The van der Waals surface area contributed by atoms with E-state index in [1.165, 1.54) is 0 Å². The Kier molecular flexibility index (Phi) is 15.4. The molecule has 4 rings (SSSR count). The first-order chi connectivity index (χ1) is 24.3. The summed E-state index contributed by atoms with van der Waals surface area (Å²) in [6.45, 7) is 13.3. The molecule has 2 unspecified atom stereocenters. The second kappa shape index (κ2) is 19.2. The number of ether oxygens (including phenoxy) is 1. The summed E-state index contributed by atoms with van der Waals surface area (Å²) in [5.41, 5.74) is 21.3. The average Bonchev–Trinajstić information content (AvgIpc) is 3.02. The third kappa shape index (κ3) is 13.3. The Morgan fingerprint density at radius 3 is 1.71 bits per heavy atom. The number of rotatable bonds is 11. The Hall–Kier alpha value is -4.52. The van der Waals surface area contributed by atoms with Gasteiger partial charge in [0, 0.05) is 24.7 Å². The Morgan fingerprint density at radius 2 is 1.29 bits per heavy atom. The summed E-state index contributed by atoms with van der Waals surface area (Å²) in [6, 6.07) is 9.82. The van der Waals surface area contributed by atoms with Crippen molar-refractivity contribution in [1.82, 2.24) is 5.32 Å². The number of nitrogen functional groups attached to an aromatic ring is 2. The molecule has 13 heteroatoms. The van der Waals surface area contributed by atoms with Gasteiger partial charge < -0.3 is 37.9 Å². The topological polar surface area (TPSA) is 209 Å². The number of para-hydroxylation sites is 2. The van der Waals surface area contributed by atoms with Gasteiger partial charge in [0.05, 0.1) is 43.4 Å². The molecule has 0 aromatic heterocycles. The van der Waals surface area contributed by atoms with E-state index in [9.17, 15) is 28.4 Å².